The van der Waals surface area contributed by atoms with Gasteiger partial charge in [0.1, 0.15) is 18.5 Å². The molecule has 0 radical (unpaired) electrons. The van der Waals surface area contributed by atoms with Crippen LogP contribution < -0.4 is 18.9 Å². The Hall–Kier alpha value is -4.95. The smallest absolute Gasteiger partial charge is 0.484 e. The first-order valence-corrected chi connectivity index (χ1v) is 12.7. The van der Waals surface area contributed by atoms with E-state index in [0.717, 1.165) is 16.9 Å². The molecule has 0 bridgehead atoms. The van der Waals surface area contributed by atoms with Crippen LogP contribution in [0.5, 0.6) is 23.0 Å². The van der Waals surface area contributed by atoms with Gasteiger partial charge in [-0.1, -0.05) is 6.07 Å². The molecule has 4 aromatic rings. The van der Waals surface area contributed by atoms with Gasteiger partial charge in [-0.15, -0.1) is 8.78 Å². The third-order valence-corrected chi connectivity index (χ3v) is 6.77. The van der Waals surface area contributed by atoms with E-state index < -0.39 is 41.9 Å². The summed E-state index contributed by atoms with van der Waals surface area (Å²) in [7, 11) is 0. The monoisotopic (exact) mass is 607 g/mol. The van der Waals surface area contributed by atoms with Crippen molar-refractivity contribution in [3.05, 3.63) is 88.8 Å². The Balaban J connectivity index is 1.32. The number of aromatic nitrogens is 3. The van der Waals surface area contributed by atoms with E-state index in [1.54, 1.807) is 0 Å². The molecule has 1 N–H and O–H groups in total. The van der Waals surface area contributed by atoms with Gasteiger partial charge in [-0.25, -0.2) is 14.5 Å². The molecule has 9 nitrogen and oxygen atoms in total. The number of halogens is 6. The van der Waals surface area contributed by atoms with Gasteiger partial charge in [0.15, 0.2) is 22.9 Å². The van der Waals surface area contributed by atoms with Crippen molar-refractivity contribution in [1.82, 2.24) is 14.8 Å². The largest absolute Gasteiger partial charge is 0.586 e. The third kappa shape index (κ3) is 5.61. The average molecular weight is 607 g/mol. The van der Waals surface area contributed by atoms with Crippen molar-refractivity contribution < 1.29 is 55.2 Å². The summed E-state index contributed by atoms with van der Waals surface area (Å²) in [4.78, 5) is 14.8. The van der Waals surface area contributed by atoms with E-state index >= 15 is 0 Å². The number of carbonyl (C=O) groups is 1. The Morgan fingerprint density at radius 3 is 2.56 bits per heavy atom. The van der Waals surface area contributed by atoms with Crippen LogP contribution in [0.25, 0.3) is 5.69 Å². The fourth-order valence-electron chi connectivity index (χ4n) is 4.90. The molecule has 1 atom stereocenters. The lowest BCUT2D eigenvalue weighted by molar-refractivity contribution is -0.286. The van der Waals surface area contributed by atoms with Crippen LogP contribution >= 0.6 is 0 Å². The number of alkyl halides is 5. The lowest BCUT2D eigenvalue weighted by atomic mass is 9.93. The molecule has 1 aliphatic heterocycles. The van der Waals surface area contributed by atoms with E-state index in [1.807, 2.05) is 0 Å². The van der Waals surface area contributed by atoms with Gasteiger partial charge in [-0.2, -0.15) is 22.7 Å². The number of aromatic carboxylic acids is 1. The molecule has 0 spiro atoms. The standard InChI is InChI=1S/C28H19F6N3O6/c29-25-22(40-13-14-4-9-19-21(10-14)43-28(33,34)42-19)11-16(12-35-25)37-23-18(24(36-37)27(30,31)32)2-1-3-20(23)41-17-7-5-15(6-8-17)26(38)39/h4-12,20H,1-3,13H2,(H,38,39). The van der Waals surface area contributed by atoms with Crippen molar-refractivity contribution in [1.29, 1.82) is 0 Å². The van der Waals surface area contributed by atoms with Crippen LogP contribution in [0.2, 0.25) is 0 Å². The maximum absolute atomic E-state index is 14.6. The Morgan fingerprint density at radius 1 is 1.09 bits per heavy atom. The van der Waals surface area contributed by atoms with E-state index in [1.165, 1.54) is 42.5 Å². The normalized spacial score (nSPS) is 16.9. The molecule has 1 unspecified atom stereocenters. The van der Waals surface area contributed by atoms with Crippen molar-refractivity contribution in [3.8, 4) is 28.7 Å². The summed E-state index contributed by atoms with van der Waals surface area (Å²) in [5.41, 5.74) is -0.870. The first-order valence-electron chi connectivity index (χ1n) is 12.7. The number of hydrogen-bond donors (Lipinski definition) is 1. The fraction of sp³-hybridized carbons (Fsp3) is 0.250. The molecule has 2 aromatic heterocycles. The van der Waals surface area contributed by atoms with Crippen molar-refractivity contribution >= 4 is 5.97 Å². The number of ether oxygens (including phenoxy) is 4. The zero-order valence-corrected chi connectivity index (χ0v) is 21.7. The average Bonchev–Trinajstić information content (AvgIpc) is 3.50. The Labute approximate surface area is 238 Å². The third-order valence-electron chi connectivity index (χ3n) is 6.77. The molecule has 43 heavy (non-hydrogen) atoms. The lowest BCUT2D eigenvalue weighted by Crippen LogP contribution is -2.25. The zero-order valence-electron chi connectivity index (χ0n) is 21.7. The first-order chi connectivity index (χ1) is 20.4. The maximum Gasteiger partial charge on any atom is 0.586 e. The Bertz CT molecular complexity index is 1710. The number of nitrogens with zero attached hydrogens (tertiary/aromatic N) is 3. The summed E-state index contributed by atoms with van der Waals surface area (Å²) < 4.78 is 105. The van der Waals surface area contributed by atoms with Gasteiger partial charge >= 0.3 is 18.4 Å². The molecule has 2 aromatic carbocycles. The lowest BCUT2D eigenvalue weighted by Gasteiger charge is -2.26. The number of fused-ring (bicyclic) bond motifs is 2. The van der Waals surface area contributed by atoms with E-state index in [2.05, 4.69) is 19.6 Å². The summed E-state index contributed by atoms with van der Waals surface area (Å²) in [6.07, 6.45) is -7.81. The van der Waals surface area contributed by atoms with Crippen molar-refractivity contribution in [2.75, 3.05) is 0 Å². The summed E-state index contributed by atoms with van der Waals surface area (Å²) in [5.74, 6) is -2.87. The predicted molar refractivity (Wildman–Crippen MR) is 133 cm³/mol. The molecular formula is C28H19F6N3O6. The molecule has 0 saturated heterocycles. The minimum atomic E-state index is -4.80. The number of benzene rings is 2. The second-order valence-corrected chi connectivity index (χ2v) is 9.67. The minimum Gasteiger partial charge on any atom is -0.484 e. The molecule has 0 fully saturated rings. The molecule has 3 heterocycles. The second-order valence-electron chi connectivity index (χ2n) is 9.67. The van der Waals surface area contributed by atoms with Gasteiger partial charge in [0.2, 0.25) is 0 Å². The highest BCUT2D eigenvalue weighted by Crippen LogP contribution is 2.43. The minimum absolute atomic E-state index is 0.00434. The fourth-order valence-corrected chi connectivity index (χ4v) is 4.90. The van der Waals surface area contributed by atoms with Gasteiger partial charge in [-0.3, -0.25) is 0 Å². The summed E-state index contributed by atoms with van der Waals surface area (Å²) >= 11 is 0. The number of carboxylic acid groups (broad SMARTS) is 1. The van der Waals surface area contributed by atoms with Crippen LogP contribution in [0, 0.1) is 5.95 Å². The molecule has 224 valence electrons. The summed E-state index contributed by atoms with van der Waals surface area (Å²) in [6.45, 7) is -0.326. The van der Waals surface area contributed by atoms with Crippen LogP contribution in [0.3, 0.4) is 0 Å². The van der Waals surface area contributed by atoms with Crippen molar-refractivity contribution in [3.63, 3.8) is 0 Å². The SMILES string of the molecule is O=C(O)c1ccc(OC2CCCc3c(C(F)(F)F)nn(-c4cnc(F)c(OCc5ccc6c(c5)OC(F)(F)O6)c4)c32)cc1. The number of hydrogen-bond acceptors (Lipinski definition) is 7. The highest BCUT2D eigenvalue weighted by Gasteiger charge is 2.44. The van der Waals surface area contributed by atoms with Crippen LogP contribution in [0.4, 0.5) is 26.3 Å². The molecular weight excluding hydrogens is 588 g/mol. The number of carboxylic acids is 1. The van der Waals surface area contributed by atoms with Crippen LogP contribution in [-0.4, -0.2) is 32.1 Å². The zero-order chi connectivity index (χ0) is 30.5. The van der Waals surface area contributed by atoms with Gasteiger partial charge in [-0.05, 0) is 61.2 Å². The molecule has 0 amide bonds. The quantitative estimate of drug-likeness (QED) is 0.188. The van der Waals surface area contributed by atoms with E-state index in [0.29, 0.717) is 18.4 Å². The van der Waals surface area contributed by atoms with Crippen LogP contribution in [0.1, 0.15) is 51.8 Å². The Kier molecular flexibility index (Phi) is 6.81. The first kappa shape index (κ1) is 28.2. The predicted octanol–water partition coefficient (Wildman–Crippen LogP) is 6.48. The molecule has 15 heteroatoms. The topological polar surface area (TPSA) is 105 Å². The molecule has 2 aliphatic rings. The number of rotatable bonds is 7. The van der Waals surface area contributed by atoms with E-state index in [9.17, 15) is 31.1 Å². The van der Waals surface area contributed by atoms with Crippen molar-refractivity contribution in [2.24, 2.45) is 0 Å². The molecule has 0 saturated carbocycles. The van der Waals surface area contributed by atoms with Gasteiger partial charge < -0.3 is 24.1 Å². The number of pyridine rings is 1. The van der Waals surface area contributed by atoms with Crippen LogP contribution in [0.15, 0.2) is 54.7 Å². The maximum atomic E-state index is 14.6. The highest BCUT2D eigenvalue weighted by molar-refractivity contribution is 5.87. The molecule has 6 rings (SSSR count). The second kappa shape index (κ2) is 10.4. The van der Waals surface area contributed by atoms with Crippen LogP contribution in [-0.2, 0) is 19.2 Å². The Morgan fingerprint density at radius 2 is 1.84 bits per heavy atom. The van der Waals surface area contributed by atoms with Gasteiger partial charge in [0.05, 0.1) is 23.1 Å². The van der Waals surface area contributed by atoms with Gasteiger partial charge in [0.25, 0.3) is 5.95 Å². The summed E-state index contributed by atoms with van der Waals surface area (Å²) in [6, 6.07) is 10.4. The summed E-state index contributed by atoms with van der Waals surface area (Å²) in [5, 5.41) is 12.9. The highest BCUT2D eigenvalue weighted by atomic mass is 19.4. The van der Waals surface area contributed by atoms with E-state index in [4.69, 9.17) is 14.6 Å². The van der Waals surface area contributed by atoms with Gasteiger partial charge in [0, 0.05) is 11.6 Å². The van der Waals surface area contributed by atoms with Crippen molar-refractivity contribution in [2.45, 2.75) is 44.4 Å². The van der Waals surface area contributed by atoms with E-state index in [-0.39, 0.29) is 52.8 Å². The molecule has 1 aliphatic carbocycles.